The van der Waals surface area contributed by atoms with Gasteiger partial charge in [-0.2, -0.15) is 5.10 Å². The summed E-state index contributed by atoms with van der Waals surface area (Å²) in [5, 5.41) is 4.05. The molecule has 0 atom stereocenters. The first kappa shape index (κ1) is 18.6. The van der Waals surface area contributed by atoms with Gasteiger partial charge in [-0.25, -0.2) is 5.43 Å². The third-order valence-electron chi connectivity index (χ3n) is 4.60. The SMILES string of the molecule is O=C(CC[NH+]1CCN(c2ccccc2)CC1)N/N=C\c1ccccc1Br. The summed E-state index contributed by atoms with van der Waals surface area (Å²) in [6.45, 7) is 5.02. The molecule has 1 heterocycles. The van der Waals surface area contributed by atoms with Gasteiger partial charge in [-0.3, -0.25) is 4.79 Å². The van der Waals surface area contributed by atoms with E-state index in [4.69, 9.17) is 0 Å². The number of nitrogens with one attached hydrogen (secondary N) is 2. The topological polar surface area (TPSA) is 49.1 Å². The molecule has 0 aliphatic carbocycles. The Labute approximate surface area is 162 Å². The number of piperazine rings is 1. The summed E-state index contributed by atoms with van der Waals surface area (Å²) in [6.07, 6.45) is 2.15. The Hall–Kier alpha value is -2.18. The molecule has 2 aromatic carbocycles. The molecular weight excluding hydrogens is 392 g/mol. The van der Waals surface area contributed by atoms with Gasteiger partial charge in [-0.05, 0) is 18.2 Å². The molecule has 3 rings (SSSR count). The Morgan fingerprint density at radius 3 is 2.54 bits per heavy atom. The maximum Gasteiger partial charge on any atom is 0.245 e. The normalized spacial score (nSPS) is 15.3. The molecule has 26 heavy (non-hydrogen) atoms. The van der Waals surface area contributed by atoms with Crippen LogP contribution >= 0.6 is 15.9 Å². The van der Waals surface area contributed by atoms with Crippen molar-refractivity contribution in [2.75, 3.05) is 37.6 Å². The number of rotatable bonds is 6. The summed E-state index contributed by atoms with van der Waals surface area (Å²) in [5.41, 5.74) is 4.84. The summed E-state index contributed by atoms with van der Waals surface area (Å²) < 4.78 is 0.957. The van der Waals surface area contributed by atoms with Gasteiger partial charge in [0, 0.05) is 15.7 Å². The van der Waals surface area contributed by atoms with Crippen LogP contribution in [-0.2, 0) is 4.79 Å². The molecule has 1 fully saturated rings. The van der Waals surface area contributed by atoms with Gasteiger partial charge in [0.25, 0.3) is 0 Å². The molecule has 1 aliphatic rings. The second-order valence-corrected chi connectivity index (χ2v) is 7.24. The van der Waals surface area contributed by atoms with Crippen LogP contribution in [0.15, 0.2) is 64.2 Å². The van der Waals surface area contributed by atoms with Crippen LogP contribution in [0.4, 0.5) is 5.69 Å². The minimum atomic E-state index is -0.0358. The number of benzene rings is 2. The second kappa shape index (κ2) is 9.50. The minimum Gasteiger partial charge on any atom is -0.360 e. The average molecular weight is 416 g/mol. The average Bonchev–Trinajstić information content (AvgIpc) is 2.69. The Morgan fingerprint density at radius 2 is 1.81 bits per heavy atom. The molecule has 0 unspecified atom stereocenters. The predicted octanol–water partition coefficient (Wildman–Crippen LogP) is 1.69. The van der Waals surface area contributed by atoms with Crippen molar-refractivity contribution in [1.82, 2.24) is 5.43 Å². The predicted molar refractivity (Wildman–Crippen MR) is 109 cm³/mol. The molecule has 2 N–H and O–H groups in total. The number of quaternary nitrogens is 1. The number of hydrogen-bond donors (Lipinski definition) is 2. The van der Waals surface area contributed by atoms with Crippen molar-refractivity contribution in [2.45, 2.75) is 6.42 Å². The van der Waals surface area contributed by atoms with Gasteiger partial charge in [0.05, 0.1) is 45.4 Å². The van der Waals surface area contributed by atoms with Crippen molar-refractivity contribution in [3.05, 3.63) is 64.6 Å². The third-order valence-corrected chi connectivity index (χ3v) is 5.32. The van der Waals surface area contributed by atoms with Crippen LogP contribution in [0.1, 0.15) is 12.0 Å². The number of para-hydroxylation sites is 1. The summed E-state index contributed by atoms with van der Waals surface area (Å²) in [5.74, 6) is -0.0358. The van der Waals surface area contributed by atoms with Crippen molar-refractivity contribution in [1.29, 1.82) is 0 Å². The van der Waals surface area contributed by atoms with Gasteiger partial charge >= 0.3 is 0 Å². The number of anilines is 1. The highest BCUT2D eigenvalue weighted by atomic mass is 79.9. The molecular formula is C20H24BrN4O+. The molecule has 0 aromatic heterocycles. The molecule has 5 nitrogen and oxygen atoms in total. The Bertz CT molecular complexity index is 742. The van der Waals surface area contributed by atoms with E-state index in [9.17, 15) is 4.79 Å². The quantitative estimate of drug-likeness (QED) is 0.557. The van der Waals surface area contributed by atoms with Gasteiger partial charge in [-0.1, -0.05) is 52.3 Å². The zero-order chi connectivity index (χ0) is 18.2. The zero-order valence-electron chi connectivity index (χ0n) is 14.7. The minimum absolute atomic E-state index is 0.0358. The van der Waals surface area contributed by atoms with Crippen LogP contribution in [0, 0.1) is 0 Å². The lowest BCUT2D eigenvalue weighted by atomic mass is 10.2. The molecule has 1 amide bonds. The largest absolute Gasteiger partial charge is 0.360 e. The molecule has 0 radical (unpaired) electrons. The van der Waals surface area contributed by atoms with Gasteiger partial charge in [0.15, 0.2) is 0 Å². The van der Waals surface area contributed by atoms with Gasteiger partial charge in [0.2, 0.25) is 5.91 Å². The van der Waals surface area contributed by atoms with Crippen LogP contribution < -0.4 is 15.2 Å². The fraction of sp³-hybridized carbons (Fsp3) is 0.300. The molecule has 6 heteroatoms. The highest BCUT2D eigenvalue weighted by molar-refractivity contribution is 9.10. The van der Waals surface area contributed by atoms with Crippen molar-refractivity contribution >= 4 is 33.7 Å². The summed E-state index contributed by atoms with van der Waals surface area (Å²) in [4.78, 5) is 15.9. The van der Waals surface area contributed by atoms with Crippen molar-refractivity contribution in [2.24, 2.45) is 5.10 Å². The molecule has 136 valence electrons. The summed E-state index contributed by atoms with van der Waals surface area (Å²) in [7, 11) is 0. The Kier molecular flexibility index (Phi) is 6.80. The van der Waals surface area contributed by atoms with Gasteiger partial charge < -0.3 is 9.80 Å². The number of nitrogens with zero attached hydrogens (tertiary/aromatic N) is 2. The van der Waals surface area contributed by atoms with Crippen LogP contribution in [0.3, 0.4) is 0 Å². The van der Waals surface area contributed by atoms with E-state index in [1.165, 1.54) is 10.6 Å². The maximum absolute atomic E-state index is 12.0. The fourth-order valence-corrected chi connectivity index (χ4v) is 3.46. The molecule has 0 bridgehead atoms. The van der Waals surface area contributed by atoms with Crippen molar-refractivity contribution in [3.63, 3.8) is 0 Å². The van der Waals surface area contributed by atoms with Crippen molar-refractivity contribution in [3.8, 4) is 0 Å². The first-order chi connectivity index (χ1) is 12.7. The lowest BCUT2D eigenvalue weighted by molar-refractivity contribution is -0.900. The van der Waals surface area contributed by atoms with E-state index in [1.807, 2.05) is 30.3 Å². The smallest absolute Gasteiger partial charge is 0.245 e. The lowest BCUT2D eigenvalue weighted by Gasteiger charge is -2.33. The first-order valence-electron chi connectivity index (χ1n) is 8.92. The standard InChI is InChI=1S/C20H23BrN4O/c21-19-9-5-4-6-17(19)16-22-23-20(26)10-11-24-12-14-25(15-13-24)18-7-2-1-3-8-18/h1-9,16H,10-15H2,(H,23,26)/p+1/b22-16-. The number of halogens is 1. The fourth-order valence-electron chi connectivity index (χ4n) is 3.07. The molecule has 1 saturated heterocycles. The number of carbonyl (C=O) groups is 1. The van der Waals surface area contributed by atoms with E-state index >= 15 is 0 Å². The Morgan fingerprint density at radius 1 is 1.12 bits per heavy atom. The summed E-state index contributed by atoms with van der Waals surface area (Å²) in [6, 6.07) is 18.3. The van der Waals surface area contributed by atoms with Crippen LogP contribution in [0.5, 0.6) is 0 Å². The van der Waals surface area contributed by atoms with Crippen LogP contribution in [-0.4, -0.2) is 44.8 Å². The molecule has 1 aliphatic heterocycles. The highest BCUT2D eigenvalue weighted by Crippen LogP contribution is 2.13. The Balaban J connectivity index is 1.37. The van der Waals surface area contributed by atoms with E-state index in [0.29, 0.717) is 6.42 Å². The zero-order valence-corrected chi connectivity index (χ0v) is 16.3. The van der Waals surface area contributed by atoms with E-state index < -0.39 is 0 Å². The maximum atomic E-state index is 12.0. The van der Waals surface area contributed by atoms with E-state index in [-0.39, 0.29) is 5.91 Å². The third kappa shape index (κ3) is 5.41. The highest BCUT2D eigenvalue weighted by Gasteiger charge is 2.20. The number of hydrogen-bond acceptors (Lipinski definition) is 3. The number of carbonyl (C=O) groups excluding carboxylic acids is 1. The van der Waals surface area contributed by atoms with E-state index in [0.717, 1.165) is 42.8 Å². The molecule has 0 spiro atoms. The second-order valence-electron chi connectivity index (χ2n) is 6.39. The van der Waals surface area contributed by atoms with E-state index in [2.05, 4.69) is 55.6 Å². The molecule has 0 saturated carbocycles. The van der Waals surface area contributed by atoms with Crippen LogP contribution in [0.2, 0.25) is 0 Å². The summed E-state index contributed by atoms with van der Waals surface area (Å²) >= 11 is 3.46. The van der Waals surface area contributed by atoms with Gasteiger partial charge in [0.1, 0.15) is 0 Å². The monoisotopic (exact) mass is 415 g/mol. The van der Waals surface area contributed by atoms with Crippen molar-refractivity contribution < 1.29 is 9.69 Å². The molecule has 2 aromatic rings. The lowest BCUT2D eigenvalue weighted by Crippen LogP contribution is -3.15. The first-order valence-corrected chi connectivity index (χ1v) is 9.71. The van der Waals surface area contributed by atoms with E-state index in [1.54, 1.807) is 6.21 Å². The van der Waals surface area contributed by atoms with Gasteiger partial charge in [-0.15, -0.1) is 0 Å². The number of hydrazone groups is 1. The number of amides is 1. The van der Waals surface area contributed by atoms with Crippen LogP contribution in [0.25, 0.3) is 0 Å².